The largest absolute Gasteiger partial charge is 0.392 e. The van der Waals surface area contributed by atoms with Crippen molar-refractivity contribution in [3.8, 4) is 11.1 Å². The molecule has 0 spiro atoms. The average molecular weight is 708 g/mol. The Bertz CT molecular complexity index is 2140. The van der Waals surface area contributed by atoms with Gasteiger partial charge in [0.2, 0.25) is 5.95 Å². The molecular formula is C42H41N7O4. The Morgan fingerprint density at radius 3 is 2.26 bits per heavy atom. The molecule has 0 radical (unpaired) electrons. The Morgan fingerprint density at radius 1 is 0.774 bits per heavy atom. The van der Waals surface area contributed by atoms with E-state index in [1.807, 2.05) is 72.8 Å². The van der Waals surface area contributed by atoms with Gasteiger partial charge in [0, 0.05) is 63.6 Å². The third-order valence-electron chi connectivity index (χ3n) is 9.92. The third-order valence-corrected chi connectivity index (χ3v) is 9.92. The lowest BCUT2D eigenvalue weighted by atomic mass is 9.97. The molecule has 2 aromatic heterocycles. The van der Waals surface area contributed by atoms with Crippen LogP contribution in [0.1, 0.15) is 51.6 Å². The summed E-state index contributed by atoms with van der Waals surface area (Å²) in [5.74, 6) is 0.495. The van der Waals surface area contributed by atoms with E-state index in [0.717, 1.165) is 84.0 Å². The van der Waals surface area contributed by atoms with Gasteiger partial charge in [-0.3, -0.25) is 14.7 Å². The van der Waals surface area contributed by atoms with Crippen molar-refractivity contribution in [2.75, 3.05) is 37.6 Å². The molecule has 2 fully saturated rings. The molecule has 268 valence electrons. The summed E-state index contributed by atoms with van der Waals surface area (Å²) in [5, 5.41) is 12.6. The second-order valence-electron chi connectivity index (χ2n) is 13.4. The van der Waals surface area contributed by atoms with E-state index in [0.29, 0.717) is 12.1 Å². The lowest BCUT2D eigenvalue weighted by Crippen LogP contribution is -2.50. The summed E-state index contributed by atoms with van der Waals surface area (Å²) in [7, 11) is 0. The van der Waals surface area contributed by atoms with Gasteiger partial charge in [-0.25, -0.2) is 15.0 Å². The first kappa shape index (κ1) is 34.5. The van der Waals surface area contributed by atoms with E-state index in [1.165, 1.54) is 6.20 Å². The number of para-hydroxylation sites is 2. The zero-order valence-corrected chi connectivity index (χ0v) is 29.3. The van der Waals surface area contributed by atoms with Gasteiger partial charge in [-0.15, -0.1) is 0 Å². The number of nitrogens with one attached hydrogen (secondary N) is 1. The Morgan fingerprint density at radius 2 is 1.49 bits per heavy atom. The van der Waals surface area contributed by atoms with Crippen LogP contribution in [0.25, 0.3) is 22.2 Å². The third kappa shape index (κ3) is 8.08. The molecule has 2 saturated heterocycles. The maximum atomic E-state index is 13.1. The van der Waals surface area contributed by atoms with Gasteiger partial charge in [-0.2, -0.15) is 0 Å². The maximum absolute atomic E-state index is 13.1. The zero-order valence-electron chi connectivity index (χ0n) is 29.3. The van der Waals surface area contributed by atoms with E-state index >= 15 is 0 Å². The van der Waals surface area contributed by atoms with Crippen LogP contribution in [0.15, 0.2) is 122 Å². The number of carbonyl (C=O) groups excluding carboxylic acids is 1. The molecule has 53 heavy (non-hydrogen) atoms. The minimum absolute atomic E-state index is 0.00114. The van der Waals surface area contributed by atoms with E-state index < -0.39 is 6.29 Å². The number of rotatable bonds is 10. The van der Waals surface area contributed by atoms with Crippen LogP contribution in [-0.4, -0.2) is 74.7 Å². The fraction of sp³-hybridized carbons (Fsp3) is 0.262. The van der Waals surface area contributed by atoms with Gasteiger partial charge in [0.1, 0.15) is 5.69 Å². The predicted molar refractivity (Wildman–Crippen MR) is 202 cm³/mol. The number of piperazine rings is 1. The summed E-state index contributed by atoms with van der Waals surface area (Å²) in [5.41, 5.74) is 7.60. The molecule has 4 aromatic carbocycles. The molecule has 3 unspecified atom stereocenters. The van der Waals surface area contributed by atoms with Crippen molar-refractivity contribution in [2.45, 2.75) is 38.1 Å². The number of hydrogen-bond acceptors (Lipinski definition) is 10. The van der Waals surface area contributed by atoms with Crippen LogP contribution in [0.3, 0.4) is 0 Å². The number of hydrogen-bond donors (Lipinski definition) is 2. The molecule has 4 heterocycles. The van der Waals surface area contributed by atoms with Gasteiger partial charge >= 0.3 is 0 Å². The fourth-order valence-corrected chi connectivity index (χ4v) is 7.01. The van der Waals surface area contributed by atoms with Crippen LogP contribution < -0.4 is 10.2 Å². The van der Waals surface area contributed by atoms with Crippen molar-refractivity contribution >= 4 is 22.9 Å². The van der Waals surface area contributed by atoms with Gasteiger partial charge in [0.05, 0.1) is 36.0 Å². The first-order valence-electron chi connectivity index (χ1n) is 18.0. The predicted octanol–water partition coefficient (Wildman–Crippen LogP) is 5.88. The molecule has 0 aliphatic carbocycles. The molecule has 2 aliphatic heterocycles. The molecule has 8 rings (SSSR count). The van der Waals surface area contributed by atoms with Crippen molar-refractivity contribution in [1.82, 2.24) is 30.2 Å². The van der Waals surface area contributed by atoms with Crippen LogP contribution in [0.4, 0.5) is 5.95 Å². The standard InChI is InChI=1S/C42H41N7O4/c50-28-29-10-12-31(13-11-29)39-24-34(27-48-20-22-49(23-21-48)42-43-18-5-19-44-42)52-41(53-39)32-16-14-30(15-17-32)35-7-2-1-6-33(35)25-46-40(51)38-26-45-36-8-3-4-9-37(36)47-38/h1-19,26,34,39,41,50H,20-25,27-28H2,(H,46,51). The number of aliphatic hydroxyl groups excluding tert-OH is 1. The fourth-order valence-electron chi connectivity index (χ4n) is 7.01. The minimum Gasteiger partial charge on any atom is -0.392 e. The number of amides is 1. The number of nitrogens with zero attached hydrogens (tertiary/aromatic N) is 6. The van der Waals surface area contributed by atoms with E-state index in [9.17, 15) is 9.90 Å². The van der Waals surface area contributed by atoms with Crippen LogP contribution >= 0.6 is 0 Å². The highest BCUT2D eigenvalue weighted by Crippen LogP contribution is 2.39. The normalized spacial score (nSPS) is 19.3. The molecule has 6 aromatic rings. The highest BCUT2D eigenvalue weighted by molar-refractivity contribution is 5.93. The zero-order chi connectivity index (χ0) is 36.0. The molecule has 11 heteroatoms. The van der Waals surface area contributed by atoms with Gasteiger partial charge in [-0.05, 0) is 46.0 Å². The summed E-state index contributed by atoms with van der Waals surface area (Å²) in [6.45, 7) is 4.62. The Balaban J connectivity index is 0.960. The number of aliphatic hydroxyl groups is 1. The first-order chi connectivity index (χ1) is 26.1. The topological polar surface area (TPSA) is 126 Å². The molecule has 11 nitrogen and oxygen atoms in total. The van der Waals surface area contributed by atoms with E-state index in [2.05, 4.69) is 65.4 Å². The summed E-state index contributed by atoms with van der Waals surface area (Å²) >= 11 is 0. The van der Waals surface area contributed by atoms with Crippen LogP contribution in [0.2, 0.25) is 0 Å². The monoisotopic (exact) mass is 707 g/mol. The van der Waals surface area contributed by atoms with Crippen molar-refractivity contribution in [3.05, 3.63) is 150 Å². The lowest BCUT2D eigenvalue weighted by molar-refractivity contribution is -0.253. The molecule has 0 saturated carbocycles. The van der Waals surface area contributed by atoms with Crippen molar-refractivity contribution in [3.63, 3.8) is 0 Å². The Labute approximate surface area is 308 Å². The minimum atomic E-state index is -0.554. The van der Waals surface area contributed by atoms with Gasteiger partial charge < -0.3 is 24.8 Å². The van der Waals surface area contributed by atoms with E-state index in [1.54, 1.807) is 12.4 Å². The number of aromatic nitrogens is 4. The van der Waals surface area contributed by atoms with Crippen LogP contribution in [-0.2, 0) is 22.6 Å². The molecule has 2 N–H and O–H groups in total. The quantitative estimate of drug-likeness (QED) is 0.178. The van der Waals surface area contributed by atoms with Crippen LogP contribution in [0.5, 0.6) is 0 Å². The summed E-state index contributed by atoms with van der Waals surface area (Å²) < 4.78 is 13.3. The highest BCUT2D eigenvalue weighted by atomic mass is 16.7. The van der Waals surface area contributed by atoms with Crippen molar-refractivity contribution in [2.24, 2.45) is 0 Å². The maximum Gasteiger partial charge on any atom is 0.271 e. The highest BCUT2D eigenvalue weighted by Gasteiger charge is 2.34. The molecule has 2 aliphatic rings. The van der Waals surface area contributed by atoms with E-state index in [-0.39, 0.29) is 30.4 Å². The summed E-state index contributed by atoms with van der Waals surface area (Å²) in [6.07, 6.45) is 5.04. The van der Waals surface area contributed by atoms with Gasteiger partial charge in [0.15, 0.2) is 6.29 Å². The summed E-state index contributed by atoms with van der Waals surface area (Å²) in [4.78, 5) is 35.5. The average Bonchev–Trinajstić information content (AvgIpc) is 3.23. The Hall–Kier alpha value is -5.59. The van der Waals surface area contributed by atoms with Gasteiger partial charge in [0.25, 0.3) is 5.91 Å². The summed E-state index contributed by atoms with van der Waals surface area (Å²) in [6, 6.07) is 33.7. The number of anilines is 1. The number of carbonyl (C=O) groups is 1. The molecular weight excluding hydrogens is 667 g/mol. The number of benzene rings is 4. The SMILES string of the molecule is O=C(NCc1ccccc1-c1ccc(C2OC(CN3CCN(c4ncccn4)CC3)CC(c3ccc(CO)cc3)O2)cc1)c1cnc2ccccc2n1. The molecule has 0 bridgehead atoms. The van der Waals surface area contributed by atoms with Crippen molar-refractivity contribution in [1.29, 1.82) is 0 Å². The molecule has 3 atom stereocenters. The van der Waals surface area contributed by atoms with Crippen molar-refractivity contribution < 1.29 is 19.4 Å². The first-order valence-corrected chi connectivity index (χ1v) is 18.0. The lowest BCUT2D eigenvalue weighted by Gasteiger charge is -2.40. The second-order valence-corrected chi connectivity index (χ2v) is 13.4. The smallest absolute Gasteiger partial charge is 0.271 e. The van der Waals surface area contributed by atoms with E-state index in [4.69, 9.17) is 9.47 Å². The number of ether oxygens (including phenoxy) is 2. The number of fused-ring (bicyclic) bond motifs is 1. The second kappa shape index (κ2) is 16.0. The van der Waals surface area contributed by atoms with Crippen LogP contribution in [0, 0.1) is 0 Å². The Kier molecular flexibility index (Phi) is 10.4. The van der Waals surface area contributed by atoms with Gasteiger partial charge in [-0.1, -0.05) is 84.9 Å². The molecule has 1 amide bonds.